The molecule has 1 fully saturated rings. The van der Waals surface area contributed by atoms with Crippen LogP contribution in [0.4, 0.5) is 5.00 Å². The Hall–Kier alpha value is -4.20. The first kappa shape index (κ1) is 19.7. The summed E-state index contributed by atoms with van der Waals surface area (Å²) in [5.74, 6) is 0.194. The summed E-state index contributed by atoms with van der Waals surface area (Å²) in [5.41, 5.74) is 3.30. The summed E-state index contributed by atoms with van der Waals surface area (Å²) >= 11 is 1.43. The minimum atomic E-state index is -0.0942. The SMILES string of the molecule is N#CC[C@@H]([C@H]1CCN(c2scc(C#N)c2C#N)C1)n1cc(-c2ncnc3[nH]ccc23)cn1. The van der Waals surface area contributed by atoms with Gasteiger partial charge in [0.05, 0.1) is 36.0 Å². The van der Waals surface area contributed by atoms with Crippen molar-refractivity contribution in [3.05, 3.63) is 47.5 Å². The van der Waals surface area contributed by atoms with E-state index in [1.54, 1.807) is 11.6 Å². The Morgan fingerprint density at radius 2 is 2.16 bits per heavy atom. The number of nitrogens with one attached hydrogen (secondary N) is 1. The number of nitriles is 3. The van der Waals surface area contributed by atoms with Gasteiger partial charge in [-0.1, -0.05) is 0 Å². The monoisotopic (exact) mass is 439 g/mol. The maximum absolute atomic E-state index is 9.50. The number of aromatic amines is 1. The van der Waals surface area contributed by atoms with E-state index in [4.69, 9.17) is 0 Å². The number of rotatable bonds is 5. The molecule has 1 N–H and O–H groups in total. The van der Waals surface area contributed by atoms with Crippen LogP contribution in [0, 0.1) is 39.9 Å². The fourth-order valence-electron chi connectivity index (χ4n) is 4.37. The van der Waals surface area contributed by atoms with Gasteiger partial charge >= 0.3 is 0 Å². The number of H-pyrrole nitrogens is 1. The zero-order chi connectivity index (χ0) is 22.1. The second-order valence-corrected chi connectivity index (χ2v) is 8.51. The Morgan fingerprint density at radius 3 is 2.97 bits per heavy atom. The van der Waals surface area contributed by atoms with Crippen molar-refractivity contribution in [1.29, 1.82) is 15.8 Å². The van der Waals surface area contributed by atoms with E-state index < -0.39 is 0 Å². The van der Waals surface area contributed by atoms with Gasteiger partial charge in [0.1, 0.15) is 34.7 Å². The lowest BCUT2D eigenvalue weighted by atomic mass is 9.96. The summed E-state index contributed by atoms with van der Waals surface area (Å²) in [4.78, 5) is 13.9. The molecule has 4 aromatic heterocycles. The summed E-state index contributed by atoms with van der Waals surface area (Å²) in [6, 6.07) is 8.41. The molecule has 10 heteroatoms. The molecule has 0 saturated carbocycles. The maximum atomic E-state index is 9.50. The highest BCUT2D eigenvalue weighted by molar-refractivity contribution is 7.14. The van der Waals surface area contributed by atoms with Crippen LogP contribution in [0.3, 0.4) is 0 Å². The van der Waals surface area contributed by atoms with Gasteiger partial charge in [0, 0.05) is 47.7 Å². The first-order valence-electron chi connectivity index (χ1n) is 10.1. The molecule has 0 unspecified atom stereocenters. The Labute approximate surface area is 187 Å². The second-order valence-electron chi connectivity index (χ2n) is 7.65. The maximum Gasteiger partial charge on any atom is 0.141 e. The highest BCUT2D eigenvalue weighted by Gasteiger charge is 2.33. The van der Waals surface area contributed by atoms with E-state index >= 15 is 0 Å². The van der Waals surface area contributed by atoms with Crippen molar-refractivity contribution < 1.29 is 0 Å². The van der Waals surface area contributed by atoms with Crippen LogP contribution >= 0.6 is 11.3 Å². The number of nitrogens with zero attached hydrogens (tertiary/aromatic N) is 8. The highest BCUT2D eigenvalue weighted by atomic mass is 32.1. The molecule has 1 saturated heterocycles. The van der Waals surface area contributed by atoms with Gasteiger partial charge in [0.15, 0.2) is 0 Å². The zero-order valence-corrected chi connectivity index (χ0v) is 17.7. The lowest BCUT2D eigenvalue weighted by molar-refractivity contribution is 0.332. The van der Waals surface area contributed by atoms with Crippen LogP contribution in [-0.2, 0) is 0 Å². The van der Waals surface area contributed by atoms with Crippen molar-refractivity contribution in [3.8, 4) is 29.5 Å². The Balaban J connectivity index is 1.42. The summed E-state index contributed by atoms with van der Waals surface area (Å²) in [6.45, 7) is 1.48. The normalized spacial score (nSPS) is 16.5. The molecule has 0 aromatic carbocycles. The van der Waals surface area contributed by atoms with Gasteiger partial charge in [0.2, 0.25) is 0 Å². The van der Waals surface area contributed by atoms with E-state index in [0.717, 1.165) is 40.3 Å². The van der Waals surface area contributed by atoms with Gasteiger partial charge in [-0.05, 0) is 12.5 Å². The van der Waals surface area contributed by atoms with Crippen LogP contribution in [0.15, 0.2) is 36.4 Å². The predicted molar refractivity (Wildman–Crippen MR) is 118 cm³/mol. The molecular weight excluding hydrogens is 422 g/mol. The Morgan fingerprint density at radius 1 is 1.25 bits per heavy atom. The molecule has 4 aromatic rings. The average molecular weight is 440 g/mol. The third kappa shape index (κ3) is 3.26. The van der Waals surface area contributed by atoms with Crippen molar-refractivity contribution in [2.45, 2.75) is 18.9 Å². The summed E-state index contributed by atoms with van der Waals surface area (Å²) in [5, 5.41) is 36.3. The fraction of sp³-hybridized carbons (Fsp3) is 0.273. The van der Waals surface area contributed by atoms with Gasteiger partial charge in [-0.2, -0.15) is 20.9 Å². The summed E-state index contributed by atoms with van der Waals surface area (Å²) in [6.07, 6.45) is 8.29. The molecule has 0 bridgehead atoms. The van der Waals surface area contributed by atoms with E-state index in [-0.39, 0.29) is 12.0 Å². The molecule has 5 heterocycles. The van der Waals surface area contributed by atoms with Crippen LogP contribution in [0.1, 0.15) is 30.0 Å². The molecule has 0 spiro atoms. The molecule has 0 aliphatic carbocycles. The van der Waals surface area contributed by atoms with Crippen LogP contribution in [0.5, 0.6) is 0 Å². The Bertz CT molecular complexity index is 1410. The molecule has 2 atom stereocenters. The quantitative estimate of drug-likeness (QED) is 0.502. The molecule has 9 nitrogen and oxygen atoms in total. The Kier molecular flexibility index (Phi) is 5.03. The van der Waals surface area contributed by atoms with Crippen molar-refractivity contribution in [1.82, 2.24) is 24.7 Å². The van der Waals surface area contributed by atoms with Crippen molar-refractivity contribution in [3.63, 3.8) is 0 Å². The van der Waals surface area contributed by atoms with Crippen LogP contribution in [0.25, 0.3) is 22.3 Å². The van der Waals surface area contributed by atoms with E-state index in [1.165, 1.54) is 17.7 Å². The molecule has 1 aliphatic rings. The zero-order valence-electron chi connectivity index (χ0n) is 16.9. The topological polar surface area (TPSA) is 134 Å². The number of hydrogen-bond acceptors (Lipinski definition) is 8. The van der Waals surface area contributed by atoms with Crippen molar-refractivity contribution >= 4 is 27.4 Å². The third-order valence-electron chi connectivity index (χ3n) is 5.93. The lowest BCUT2D eigenvalue weighted by Gasteiger charge is -2.23. The summed E-state index contributed by atoms with van der Waals surface area (Å²) < 4.78 is 1.87. The van der Waals surface area contributed by atoms with Gasteiger partial charge in [-0.15, -0.1) is 11.3 Å². The fourth-order valence-corrected chi connectivity index (χ4v) is 5.36. The van der Waals surface area contributed by atoms with Crippen molar-refractivity contribution in [2.24, 2.45) is 5.92 Å². The van der Waals surface area contributed by atoms with Crippen LogP contribution < -0.4 is 4.90 Å². The van der Waals surface area contributed by atoms with Crippen molar-refractivity contribution in [2.75, 3.05) is 18.0 Å². The minimum absolute atomic E-state index is 0.0942. The first-order valence-corrected chi connectivity index (χ1v) is 11.0. The van der Waals surface area contributed by atoms with Gasteiger partial charge in [-0.25, -0.2) is 9.97 Å². The smallest absolute Gasteiger partial charge is 0.141 e. The highest BCUT2D eigenvalue weighted by Crippen LogP contribution is 2.38. The van der Waals surface area contributed by atoms with Crippen LogP contribution in [0.2, 0.25) is 0 Å². The molecular formula is C22H17N9S. The van der Waals surface area contributed by atoms with Gasteiger partial charge in [-0.3, -0.25) is 4.68 Å². The number of anilines is 1. The average Bonchev–Trinajstić information content (AvgIpc) is 3.61. The minimum Gasteiger partial charge on any atom is -0.362 e. The largest absolute Gasteiger partial charge is 0.362 e. The molecule has 0 radical (unpaired) electrons. The molecule has 5 rings (SSSR count). The van der Waals surface area contributed by atoms with E-state index in [9.17, 15) is 15.8 Å². The number of fused-ring (bicyclic) bond motifs is 1. The van der Waals surface area contributed by atoms with E-state index in [2.05, 4.69) is 43.2 Å². The third-order valence-corrected chi connectivity index (χ3v) is 6.97. The standard InChI is InChI=1S/C22H17N9S/c23-4-1-19(14-3-6-30(10-14)22-18(8-25)15(7-24)12-32-22)31-11-16(9-29-31)20-17-2-5-26-21(17)28-13-27-20/h2,5,9,11-14,19H,1,3,6,10H2,(H,26,27,28)/t14-,19-/m0/s1. The molecule has 0 amide bonds. The van der Waals surface area contributed by atoms with E-state index in [0.29, 0.717) is 24.1 Å². The first-order chi connectivity index (χ1) is 15.7. The molecule has 1 aliphatic heterocycles. The van der Waals surface area contributed by atoms with Gasteiger partial charge in [0.25, 0.3) is 0 Å². The molecule has 32 heavy (non-hydrogen) atoms. The predicted octanol–water partition coefficient (Wildman–Crippen LogP) is 3.61. The lowest BCUT2D eigenvalue weighted by Crippen LogP contribution is -2.25. The van der Waals surface area contributed by atoms with Crippen LogP contribution in [-0.4, -0.2) is 37.8 Å². The number of hydrogen-bond donors (Lipinski definition) is 1. The summed E-state index contributed by atoms with van der Waals surface area (Å²) in [7, 11) is 0. The number of thiophene rings is 1. The second kappa shape index (κ2) is 8.14. The number of aromatic nitrogens is 5. The molecule has 156 valence electrons. The van der Waals surface area contributed by atoms with Gasteiger partial charge < -0.3 is 9.88 Å². The van der Waals surface area contributed by atoms with E-state index in [1.807, 2.05) is 23.1 Å².